The predicted molar refractivity (Wildman–Crippen MR) is 104 cm³/mol. The van der Waals surface area contributed by atoms with Gasteiger partial charge in [0.1, 0.15) is 5.01 Å². The summed E-state index contributed by atoms with van der Waals surface area (Å²) in [7, 11) is 0. The molecule has 4 rings (SSSR count). The second kappa shape index (κ2) is 6.42. The average Bonchev–Trinajstić information content (AvgIpc) is 3.05. The third kappa shape index (κ3) is 2.89. The lowest BCUT2D eigenvalue weighted by molar-refractivity contribution is 1.41. The van der Waals surface area contributed by atoms with E-state index in [1.807, 2.05) is 12.1 Å². The summed E-state index contributed by atoms with van der Waals surface area (Å²) >= 11 is 1.75. The second-order valence-corrected chi connectivity index (χ2v) is 6.80. The van der Waals surface area contributed by atoms with Crippen molar-refractivity contribution in [1.29, 1.82) is 0 Å². The number of para-hydroxylation sites is 1. The molecule has 0 aliphatic heterocycles. The van der Waals surface area contributed by atoms with E-state index in [9.17, 15) is 0 Å². The van der Waals surface area contributed by atoms with E-state index < -0.39 is 0 Å². The Balaban J connectivity index is 1.92. The Hall–Kier alpha value is -2.71. The van der Waals surface area contributed by atoms with Gasteiger partial charge in [-0.25, -0.2) is 4.98 Å². The van der Waals surface area contributed by atoms with E-state index in [-0.39, 0.29) is 0 Å². The normalized spacial score (nSPS) is 11.8. The predicted octanol–water partition coefficient (Wildman–Crippen LogP) is 6.19. The molecule has 116 valence electrons. The average molecular weight is 327 g/mol. The van der Waals surface area contributed by atoms with Crippen LogP contribution in [0.5, 0.6) is 0 Å². The van der Waals surface area contributed by atoms with Crippen molar-refractivity contribution in [2.75, 3.05) is 0 Å². The second-order valence-electron chi connectivity index (χ2n) is 5.77. The lowest BCUT2D eigenvalue weighted by atomic mass is 10.0. The molecule has 0 spiro atoms. The fourth-order valence-electron chi connectivity index (χ4n) is 2.78. The van der Waals surface area contributed by atoms with Crippen molar-refractivity contribution in [1.82, 2.24) is 4.98 Å². The Labute approximate surface area is 145 Å². The van der Waals surface area contributed by atoms with E-state index >= 15 is 0 Å². The van der Waals surface area contributed by atoms with Crippen LogP contribution in [-0.2, 0) is 0 Å². The van der Waals surface area contributed by atoms with E-state index in [2.05, 4.69) is 79.7 Å². The molecule has 0 amide bonds. The van der Waals surface area contributed by atoms with Gasteiger partial charge in [0, 0.05) is 5.57 Å². The highest BCUT2D eigenvalue weighted by atomic mass is 32.1. The lowest BCUT2D eigenvalue weighted by Gasteiger charge is -2.07. The molecule has 1 heterocycles. The van der Waals surface area contributed by atoms with Crippen molar-refractivity contribution in [3.8, 4) is 0 Å². The first-order chi connectivity index (χ1) is 11.8. The standard InChI is InChI=1S/C22H17NS/c1-16-9-5-6-12-18(16)15-19(17-10-3-2-4-11-17)22-23-20-13-7-8-14-21(20)24-22/h2-15H,1H3. The monoisotopic (exact) mass is 327 g/mol. The number of nitrogens with zero attached hydrogens (tertiary/aromatic N) is 1. The molecule has 24 heavy (non-hydrogen) atoms. The zero-order valence-corrected chi connectivity index (χ0v) is 14.3. The molecule has 0 saturated heterocycles. The van der Waals surface area contributed by atoms with Crippen molar-refractivity contribution < 1.29 is 0 Å². The van der Waals surface area contributed by atoms with Gasteiger partial charge in [0.2, 0.25) is 0 Å². The van der Waals surface area contributed by atoms with Gasteiger partial charge in [-0.2, -0.15) is 0 Å². The lowest BCUT2D eigenvalue weighted by Crippen LogP contribution is -1.88. The van der Waals surface area contributed by atoms with Crippen LogP contribution in [0.3, 0.4) is 0 Å². The van der Waals surface area contributed by atoms with Crippen molar-refractivity contribution in [3.05, 3.63) is 101 Å². The number of hydrogen-bond acceptors (Lipinski definition) is 2. The third-order valence-corrected chi connectivity index (χ3v) is 5.17. The van der Waals surface area contributed by atoms with Gasteiger partial charge in [0.05, 0.1) is 10.2 Å². The van der Waals surface area contributed by atoms with Crippen molar-refractivity contribution in [3.63, 3.8) is 0 Å². The van der Waals surface area contributed by atoms with Crippen LogP contribution in [0.1, 0.15) is 21.7 Å². The van der Waals surface area contributed by atoms with Crippen LogP contribution in [0, 0.1) is 6.92 Å². The van der Waals surface area contributed by atoms with E-state index in [0.717, 1.165) is 10.5 Å². The number of fused-ring (bicyclic) bond motifs is 1. The molecule has 0 bridgehead atoms. The highest BCUT2D eigenvalue weighted by molar-refractivity contribution is 7.19. The topological polar surface area (TPSA) is 12.9 Å². The molecule has 0 unspecified atom stereocenters. The minimum absolute atomic E-state index is 1.06. The molecule has 0 saturated carbocycles. The largest absolute Gasteiger partial charge is 0.236 e. The fraction of sp³-hybridized carbons (Fsp3) is 0.0455. The molecule has 0 fully saturated rings. The maximum absolute atomic E-state index is 4.87. The summed E-state index contributed by atoms with van der Waals surface area (Å²) in [4.78, 5) is 4.87. The zero-order valence-electron chi connectivity index (χ0n) is 13.4. The van der Waals surface area contributed by atoms with Gasteiger partial charge in [-0.05, 0) is 41.8 Å². The quantitative estimate of drug-likeness (QED) is 0.409. The van der Waals surface area contributed by atoms with Crippen LogP contribution in [0.4, 0.5) is 0 Å². The summed E-state index contributed by atoms with van der Waals surface area (Å²) in [5.74, 6) is 0. The molecule has 0 aliphatic rings. The fourth-order valence-corrected chi connectivity index (χ4v) is 3.78. The highest BCUT2D eigenvalue weighted by Gasteiger charge is 2.11. The zero-order chi connectivity index (χ0) is 16.4. The summed E-state index contributed by atoms with van der Waals surface area (Å²) in [5.41, 5.74) is 5.93. The maximum atomic E-state index is 4.87. The van der Waals surface area contributed by atoms with Gasteiger partial charge in [-0.15, -0.1) is 11.3 Å². The summed E-state index contributed by atoms with van der Waals surface area (Å²) < 4.78 is 1.22. The molecule has 3 aromatic carbocycles. The van der Waals surface area contributed by atoms with Crippen LogP contribution < -0.4 is 0 Å². The number of benzene rings is 3. The molecule has 2 heteroatoms. The van der Waals surface area contributed by atoms with Crippen molar-refractivity contribution >= 4 is 33.2 Å². The Kier molecular flexibility index (Phi) is 3.97. The van der Waals surface area contributed by atoms with Crippen LogP contribution in [0.2, 0.25) is 0 Å². The Bertz CT molecular complexity index is 979. The van der Waals surface area contributed by atoms with Gasteiger partial charge in [0.25, 0.3) is 0 Å². The van der Waals surface area contributed by atoms with Gasteiger partial charge in [-0.3, -0.25) is 0 Å². The van der Waals surface area contributed by atoms with E-state index in [1.165, 1.54) is 27.0 Å². The smallest absolute Gasteiger partial charge is 0.125 e. The van der Waals surface area contributed by atoms with Gasteiger partial charge < -0.3 is 0 Å². The van der Waals surface area contributed by atoms with Gasteiger partial charge in [-0.1, -0.05) is 66.7 Å². The SMILES string of the molecule is Cc1ccccc1C=C(c1ccccc1)c1nc2ccccc2s1. The summed E-state index contributed by atoms with van der Waals surface area (Å²) in [6.07, 6.45) is 2.25. The van der Waals surface area contributed by atoms with E-state index in [0.29, 0.717) is 0 Å². The van der Waals surface area contributed by atoms with Crippen LogP contribution in [0.25, 0.3) is 21.9 Å². The van der Waals surface area contributed by atoms with E-state index in [4.69, 9.17) is 4.98 Å². The van der Waals surface area contributed by atoms with Gasteiger partial charge in [0.15, 0.2) is 0 Å². The van der Waals surface area contributed by atoms with Gasteiger partial charge >= 0.3 is 0 Å². The number of aryl methyl sites for hydroxylation is 1. The molecule has 0 aliphatic carbocycles. The maximum Gasteiger partial charge on any atom is 0.125 e. The van der Waals surface area contributed by atoms with Crippen molar-refractivity contribution in [2.45, 2.75) is 6.92 Å². The first kappa shape index (κ1) is 14.9. The molecule has 0 atom stereocenters. The minimum Gasteiger partial charge on any atom is -0.236 e. The molecule has 1 nitrogen and oxygen atoms in total. The number of rotatable bonds is 3. The molecule has 0 radical (unpaired) electrons. The number of aromatic nitrogens is 1. The van der Waals surface area contributed by atoms with E-state index in [1.54, 1.807) is 11.3 Å². The highest BCUT2D eigenvalue weighted by Crippen LogP contribution is 2.32. The number of hydrogen-bond donors (Lipinski definition) is 0. The first-order valence-corrected chi connectivity index (χ1v) is 8.81. The molecule has 0 N–H and O–H groups in total. The molecular weight excluding hydrogens is 310 g/mol. The van der Waals surface area contributed by atoms with Crippen molar-refractivity contribution in [2.24, 2.45) is 0 Å². The van der Waals surface area contributed by atoms with Crippen LogP contribution >= 0.6 is 11.3 Å². The first-order valence-electron chi connectivity index (χ1n) is 8.00. The molecule has 1 aromatic heterocycles. The molecule has 4 aromatic rings. The Morgan fingerprint density at radius 3 is 2.33 bits per heavy atom. The summed E-state index contributed by atoms with van der Waals surface area (Å²) in [6, 6.07) is 27.3. The van der Waals surface area contributed by atoms with Crippen LogP contribution in [-0.4, -0.2) is 4.98 Å². The third-order valence-electron chi connectivity index (χ3n) is 4.10. The molecular formula is C22H17NS. The Morgan fingerprint density at radius 2 is 1.54 bits per heavy atom. The number of thiazole rings is 1. The minimum atomic E-state index is 1.06. The van der Waals surface area contributed by atoms with Crippen LogP contribution in [0.15, 0.2) is 78.9 Å². The Morgan fingerprint density at radius 1 is 0.833 bits per heavy atom. The summed E-state index contributed by atoms with van der Waals surface area (Å²) in [6.45, 7) is 2.15. The summed E-state index contributed by atoms with van der Waals surface area (Å²) in [5, 5.41) is 1.06.